The average Bonchev–Trinajstić information content (AvgIpc) is 2.98. The van der Waals surface area contributed by atoms with Crippen LogP contribution in [0.4, 0.5) is 0 Å². The molecule has 0 spiro atoms. The number of ether oxygens (including phenoxy) is 1. The van der Waals surface area contributed by atoms with Crippen LogP contribution < -0.4 is 5.32 Å². The first-order valence-electron chi connectivity index (χ1n) is 9.05. The van der Waals surface area contributed by atoms with Crippen molar-refractivity contribution in [3.8, 4) is 0 Å². The van der Waals surface area contributed by atoms with Crippen molar-refractivity contribution in [3.05, 3.63) is 0 Å². The van der Waals surface area contributed by atoms with E-state index in [1.54, 1.807) is 0 Å². The molecule has 0 aromatic heterocycles. The van der Waals surface area contributed by atoms with Gasteiger partial charge in [-0.2, -0.15) is 0 Å². The van der Waals surface area contributed by atoms with Crippen LogP contribution in [0.2, 0.25) is 0 Å². The van der Waals surface area contributed by atoms with E-state index in [0.717, 1.165) is 12.5 Å². The van der Waals surface area contributed by atoms with Crippen molar-refractivity contribution in [2.24, 2.45) is 5.92 Å². The van der Waals surface area contributed by atoms with Crippen LogP contribution in [0.25, 0.3) is 0 Å². The number of nitrogens with zero attached hydrogens (tertiary/aromatic N) is 1. The molecule has 0 bridgehead atoms. The summed E-state index contributed by atoms with van der Waals surface area (Å²) in [5, 5.41) is 3.65. The Morgan fingerprint density at radius 1 is 1.24 bits per heavy atom. The molecule has 0 aromatic rings. The summed E-state index contributed by atoms with van der Waals surface area (Å²) < 4.78 is 5.77. The molecule has 2 aliphatic rings. The molecule has 1 heterocycles. The smallest absolute Gasteiger partial charge is 0.0576 e. The Bertz CT molecular complexity index is 292. The lowest BCUT2D eigenvalue weighted by atomic mass is 9.71. The van der Waals surface area contributed by atoms with Crippen molar-refractivity contribution < 1.29 is 4.74 Å². The van der Waals surface area contributed by atoms with E-state index in [1.807, 2.05) is 0 Å². The molecule has 2 rings (SSSR count). The van der Waals surface area contributed by atoms with Gasteiger partial charge in [0, 0.05) is 18.2 Å². The largest absolute Gasteiger partial charge is 0.378 e. The molecule has 1 aliphatic carbocycles. The van der Waals surface area contributed by atoms with Crippen LogP contribution >= 0.6 is 0 Å². The molecule has 2 fully saturated rings. The highest BCUT2D eigenvalue weighted by atomic mass is 16.5. The first kappa shape index (κ1) is 17.2. The maximum Gasteiger partial charge on any atom is 0.0576 e. The Labute approximate surface area is 131 Å². The third-order valence-corrected chi connectivity index (χ3v) is 6.07. The van der Waals surface area contributed by atoms with Crippen LogP contribution in [0.15, 0.2) is 0 Å². The lowest BCUT2D eigenvalue weighted by molar-refractivity contribution is 0.0394. The van der Waals surface area contributed by atoms with E-state index in [1.165, 1.54) is 57.8 Å². The van der Waals surface area contributed by atoms with E-state index in [2.05, 4.69) is 38.3 Å². The summed E-state index contributed by atoms with van der Waals surface area (Å²) in [6.07, 6.45) is 12.3. The minimum Gasteiger partial charge on any atom is -0.378 e. The van der Waals surface area contributed by atoms with Crippen LogP contribution in [0, 0.1) is 5.92 Å². The van der Waals surface area contributed by atoms with Gasteiger partial charge in [-0.15, -0.1) is 0 Å². The van der Waals surface area contributed by atoms with Crippen LogP contribution in [-0.2, 0) is 4.74 Å². The van der Waals surface area contributed by atoms with Crippen molar-refractivity contribution in [2.45, 2.75) is 82.4 Å². The summed E-state index contributed by atoms with van der Waals surface area (Å²) in [5.41, 5.74) is 0.359. The number of hydrogen-bond acceptors (Lipinski definition) is 3. The fourth-order valence-corrected chi connectivity index (χ4v) is 4.47. The van der Waals surface area contributed by atoms with Crippen molar-refractivity contribution in [1.82, 2.24) is 10.2 Å². The zero-order valence-electron chi connectivity index (χ0n) is 14.7. The third kappa shape index (κ3) is 4.20. The Morgan fingerprint density at radius 3 is 2.48 bits per heavy atom. The first-order chi connectivity index (χ1) is 10.1. The summed E-state index contributed by atoms with van der Waals surface area (Å²) >= 11 is 0. The summed E-state index contributed by atoms with van der Waals surface area (Å²) in [6, 6.07) is 0.612. The SMILES string of the molecule is CNC(CCCC1CCCO1)C1(N(C)C)CCC(C)CC1. The topological polar surface area (TPSA) is 24.5 Å². The fraction of sp³-hybridized carbons (Fsp3) is 1.00. The van der Waals surface area contributed by atoms with Crippen LogP contribution in [0.1, 0.15) is 64.7 Å². The quantitative estimate of drug-likeness (QED) is 0.779. The van der Waals surface area contributed by atoms with Gasteiger partial charge in [0.05, 0.1) is 6.10 Å². The first-order valence-corrected chi connectivity index (χ1v) is 9.05. The Morgan fingerprint density at radius 2 is 1.95 bits per heavy atom. The van der Waals surface area contributed by atoms with Gasteiger partial charge >= 0.3 is 0 Å². The monoisotopic (exact) mass is 296 g/mol. The molecule has 2 unspecified atom stereocenters. The molecule has 0 aromatic carbocycles. The molecule has 0 radical (unpaired) electrons. The van der Waals surface area contributed by atoms with E-state index in [0.29, 0.717) is 17.7 Å². The van der Waals surface area contributed by atoms with Crippen molar-refractivity contribution in [1.29, 1.82) is 0 Å². The molecule has 0 amide bonds. The van der Waals surface area contributed by atoms with Crippen molar-refractivity contribution in [3.63, 3.8) is 0 Å². The molecule has 21 heavy (non-hydrogen) atoms. The molecule has 1 saturated carbocycles. The highest BCUT2D eigenvalue weighted by Gasteiger charge is 2.42. The lowest BCUT2D eigenvalue weighted by Crippen LogP contribution is -2.59. The number of nitrogens with one attached hydrogen (secondary N) is 1. The second kappa shape index (κ2) is 7.94. The van der Waals surface area contributed by atoms with Gasteiger partial charge in [-0.25, -0.2) is 0 Å². The van der Waals surface area contributed by atoms with E-state index in [-0.39, 0.29) is 0 Å². The summed E-state index contributed by atoms with van der Waals surface area (Å²) in [6.45, 7) is 3.39. The van der Waals surface area contributed by atoms with Gasteiger partial charge in [-0.3, -0.25) is 0 Å². The van der Waals surface area contributed by atoms with Gasteiger partial charge in [0.2, 0.25) is 0 Å². The Kier molecular flexibility index (Phi) is 6.51. The maximum atomic E-state index is 5.77. The number of rotatable bonds is 7. The molecular formula is C18H36N2O. The van der Waals surface area contributed by atoms with Gasteiger partial charge in [0.15, 0.2) is 0 Å². The Balaban J connectivity index is 1.89. The average molecular weight is 296 g/mol. The van der Waals surface area contributed by atoms with Gasteiger partial charge in [-0.1, -0.05) is 6.92 Å². The van der Waals surface area contributed by atoms with E-state index in [9.17, 15) is 0 Å². The molecule has 124 valence electrons. The van der Waals surface area contributed by atoms with Crippen LogP contribution in [-0.4, -0.2) is 50.3 Å². The second-order valence-electron chi connectivity index (χ2n) is 7.59. The fourth-order valence-electron chi connectivity index (χ4n) is 4.47. The zero-order valence-corrected chi connectivity index (χ0v) is 14.7. The summed E-state index contributed by atoms with van der Waals surface area (Å²) in [4.78, 5) is 2.51. The molecule has 1 aliphatic heterocycles. The molecule has 1 saturated heterocycles. The van der Waals surface area contributed by atoms with Gasteiger partial charge in [0.1, 0.15) is 0 Å². The number of hydrogen-bond donors (Lipinski definition) is 1. The molecule has 2 atom stereocenters. The summed E-state index contributed by atoms with van der Waals surface area (Å²) in [7, 11) is 6.71. The highest BCUT2D eigenvalue weighted by Crippen LogP contribution is 2.39. The van der Waals surface area contributed by atoms with Crippen LogP contribution in [0.5, 0.6) is 0 Å². The van der Waals surface area contributed by atoms with E-state index >= 15 is 0 Å². The van der Waals surface area contributed by atoms with E-state index < -0.39 is 0 Å². The highest BCUT2D eigenvalue weighted by molar-refractivity contribution is 5.01. The normalized spacial score (nSPS) is 35.3. The van der Waals surface area contributed by atoms with Gasteiger partial charge in [0.25, 0.3) is 0 Å². The number of likely N-dealkylation sites (N-methyl/N-ethyl adjacent to an activating group) is 2. The predicted octanol–water partition coefficient (Wildman–Crippen LogP) is 3.43. The lowest BCUT2D eigenvalue weighted by Gasteiger charge is -2.50. The summed E-state index contributed by atoms with van der Waals surface area (Å²) in [5.74, 6) is 0.905. The Hall–Kier alpha value is -0.120. The minimum atomic E-state index is 0.359. The predicted molar refractivity (Wildman–Crippen MR) is 89.7 cm³/mol. The third-order valence-electron chi connectivity index (χ3n) is 6.07. The molecule has 3 heteroatoms. The van der Waals surface area contributed by atoms with Crippen molar-refractivity contribution in [2.75, 3.05) is 27.7 Å². The van der Waals surface area contributed by atoms with E-state index in [4.69, 9.17) is 4.74 Å². The van der Waals surface area contributed by atoms with Gasteiger partial charge < -0.3 is 15.0 Å². The minimum absolute atomic E-state index is 0.359. The standard InChI is InChI=1S/C18H36N2O/c1-15-10-12-18(13-11-15,20(3)4)17(19-2)9-5-7-16-8-6-14-21-16/h15-17,19H,5-14H2,1-4H3. The van der Waals surface area contributed by atoms with Crippen molar-refractivity contribution >= 4 is 0 Å². The second-order valence-corrected chi connectivity index (χ2v) is 7.59. The zero-order chi connectivity index (χ0) is 15.3. The van der Waals surface area contributed by atoms with Crippen LogP contribution in [0.3, 0.4) is 0 Å². The molecule has 3 nitrogen and oxygen atoms in total. The maximum absolute atomic E-state index is 5.77. The van der Waals surface area contributed by atoms with Gasteiger partial charge in [-0.05, 0) is 84.8 Å². The molecular weight excluding hydrogens is 260 g/mol. The molecule has 1 N–H and O–H groups in total.